The van der Waals surface area contributed by atoms with Crippen LogP contribution in [0.1, 0.15) is 42.1 Å². The van der Waals surface area contributed by atoms with E-state index in [4.69, 9.17) is 26.2 Å². The Morgan fingerprint density at radius 1 is 1.10 bits per heavy atom. The predicted molar refractivity (Wildman–Crippen MR) is 184 cm³/mol. The number of nitrogens with zero attached hydrogens (tertiary/aromatic N) is 3. The molecule has 0 atom stereocenters. The lowest BCUT2D eigenvalue weighted by Crippen LogP contribution is -2.28. The summed E-state index contributed by atoms with van der Waals surface area (Å²) >= 11 is 7.59. The Morgan fingerprint density at radius 3 is 2.46 bits per heavy atom. The topological polar surface area (TPSA) is 160 Å². The monoisotopic (exact) mass is 725 g/mol. The first-order chi connectivity index (χ1) is 23.8. The number of ether oxygens (including phenoxy) is 1. The Bertz CT molecular complexity index is 2040. The van der Waals surface area contributed by atoms with E-state index in [1.54, 1.807) is 43.6 Å². The van der Waals surface area contributed by atoms with Crippen molar-refractivity contribution < 1.29 is 42.2 Å². The van der Waals surface area contributed by atoms with E-state index in [0.717, 1.165) is 35.8 Å². The Labute approximate surface area is 292 Å². The number of anilines is 2. The van der Waals surface area contributed by atoms with Crippen LogP contribution in [-0.2, 0) is 19.1 Å². The maximum atomic E-state index is 12.9. The van der Waals surface area contributed by atoms with Gasteiger partial charge in [-0.25, -0.2) is 9.59 Å². The minimum atomic E-state index is -5.08. The van der Waals surface area contributed by atoms with Crippen molar-refractivity contribution in [2.75, 3.05) is 17.2 Å². The maximum Gasteiger partial charge on any atom is 0.490 e. The number of aliphatic imine (C=N–C) groups is 1. The van der Waals surface area contributed by atoms with Crippen LogP contribution < -0.4 is 10.6 Å². The third kappa shape index (κ3) is 8.65. The van der Waals surface area contributed by atoms with E-state index in [0.29, 0.717) is 43.1 Å². The van der Waals surface area contributed by atoms with Gasteiger partial charge in [0.1, 0.15) is 0 Å². The highest BCUT2D eigenvalue weighted by atomic mass is 35.5. The third-order valence-electron chi connectivity index (χ3n) is 7.47. The van der Waals surface area contributed by atoms with Crippen molar-refractivity contribution in [3.05, 3.63) is 88.2 Å². The smallest absolute Gasteiger partial charge is 0.475 e. The van der Waals surface area contributed by atoms with Crippen molar-refractivity contribution in [1.29, 1.82) is 0 Å². The molecule has 1 fully saturated rings. The number of pyridine rings is 2. The summed E-state index contributed by atoms with van der Waals surface area (Å²) in [4.78, 5) is 60.1. The fraction of sp³-hybridized carbons (Fsp3) is 0.206. The summed E-state index contributed by atoms with van der Waals surface area (Å²) in [6.45, 7) is 1.99. The lowest BCUT2D eigenvalue weighted by Gasteiger charge is -2.24. The molecular formula is C34H27ClF3N5O6S. The number of nitrogens with one attached hydrogen (secondary N) is 2. The van der Waals surface area contributed by atoms with Gasteiger partial charge < -0.3 is 20.5 Å². The molecule has 2 aromatic carbocycles. The molecule has 3 heterocycles. The predicted octanol–water partition coefficient (Wildman–Crippen LogP) is 7.58. The number of thioether (sulfide) groups is 1. The second-order valence-electron chi connectivity index (χ2n) is 10.9. The summed E-state index contributed by atoms with van der Waals surface area (Å²) in [5, 5.41) is 14.7. The molecule has 0 saturated heterocycles. The van der Waals surface area contributed by atoms with Crippen molar-refractivity contribution in [1.82, 2.24) is 9.97 Å². The summed E-state index contributed by atoms with van der Waals surface area (Å²) < 4.78 is 37.0. The summed E-state index contributed by atoms with van der Waals surface area (Å²) in [5.74, 6) is -3.57. The van der Waals surface area contributed by atoms with Crippen LogP contribution in [0.25, 0.3) is 28.1 Å². The Morgan fingerprint density at radius 2 is 1.82 bits per heavy atom. The highest BCUT2D eigenvalue weighted by Gasteiger charge is 2.38. The first kappa shape index (κ1) is 36.0. The number of carbonyl (C=O) groups excluding carboxylic acids is 3. The van der Waals surface area contributed by atoms with Gasteiger partial charge in [-0.15, -0.1) is 0 Å². The molecule has 0 bridgehead atoms. The quantitative estimate of drug-likeness (QED) is 0.128. The summed E-state index contributed by atoms with van der Waals surface area (Å²) in [6, 6.07) is 14.4. The van der Waals surface area contributed by atoms with Gasteiger partial charge in [-0.2, -0.15) is 18.2 Å². The highest BCUT2D eigenvalue weighted by Crippen LogP contribution is 2.36. The van der Waals surface area contributed by atoms with Crippen LogP contribution in [0.5, 0.6) is 0 Å². The zero-order valence-electron chi connectivity index (χ0n) is 26.1. The summed E-state index contributed by atoms with van der Waals surface area (Å²) in [6.07, 6.45) is 4.38. The molecule has 2 amide bonds. The van der Waals surface area contributed by atoms with Crippen LogP contribution >= 0.6 is 23.4 Å². The van der Waals surface area contributed by atoms with Gasteiger partial charge in [0.2, 0.25) is 5.91 Å². The number of alkyl halides is 3. The third-order valence-corrected chi connectivity index (χ3v) is 8.70. The first-order valence-electron chi connectivity index (χ1n) is 15.0. The number of benzene rings is 2. The van der Waals surface area contributed by atoms with E-state index in [1.807, 2.05) is 30.3 Å². The molecule has 258 valence electrons. The number of carboxylic acid groups (broad SMARTS) is 1. The molecule has 16 heteroatoms. The molecule has 0 radical (unpaired) electrons. The molecule has 11 nitrogen and oxygen atoms in total. The number of aliphatic carboxylic acids is 1. The lowest BCUT2D eigenvalue weighted by molar-refractivity contribution is -0.192. The number of hydrogen-bond donors (Lipinski definition) is 3. The van der Waals surface area contributed by atoms with Gasteiger partial charge in [0.15, 0.2) is 5.17 Å². The van der Waals surface area contributed by atoms with Crippen LogP contribution in [0.4, 0.5) is 24.5 Å². The molecule has 0 spiro atoms. The van der Waals surface area contributed by atoms with Crippen molar-refractivity contribution in [3.63, 3.8) is 0 Å². The standard InChI is InChI=1S/C32H26ClN5O4S.C2HF3O2/c1-2-42-31(41)23-17-35-25-9-6-18(14-22(25)28(23)19-10-12-34-13-11-19)15-27-30(40)38-32(43-27)37-26-16-21(7-8-24(26)33)36-29(39)20-4-3-5-20;3-2(4,5)1(6)7/h6-17,20H,2-5H2,1H3,(H,36,39)(H,37,38,40);(H,6,7). The van der Waals surface area contributed by atoms with Crippen LogP contribution in [-0.4, -0.2) is 56.8 Å². The molecule has 0 unspecified atom stereocenters. The van der Waals surface area contributed by atoms with E-state index in [-0.39, 0.29) is 18.4 Å². The minimum absolute atomic E-state index is 0.000415. The van der Waals surface area contributed by atoms with Crippen molar-refractivity contribution in [2.45, 2.75) is 32.4 Å². The van der Waals surface area contributed by atoms with Crippen molar-refractivity contribution in [3.8, 4) is 11.1 Å². The number of rotatable bonds is 7. The lowest BCUT2D eigenvalue weighted by atomic mass is 9.85. The minimum Gasteiger partial charge on any atom is -0.475 e. The number of carbonyl (C=O) groups is 4. The van der Waals surface area contributed by atoms with E-state index >= 15 is 0 Å². The molecule has 1 saturated carbocycles. The van der Waals surface area contributed by atoms with Crippen molar-refractivity contribution in [2.24, 2.45) is 10.9 Å². The van der Waals surface area contributed by atoms with E-state index in [9.17, 15) is 27.6 Å². The second-order valence-corrected chi connectivity index (χ2v) is 12.3. The fourth-order valence-electron chi connectivity index (χ4n) is 4.84. The van der Waals surface area contributed by atoms with Gasteiger partial charge in [0, 0.05) is 41.1 Å². The van der Waals surface area contributed by atoms with Gasteiger partial charge >= 0.3 is 18.1 Å². The van der Waals surface area contributed by atoms with E-state index in [1.165, 1.54) is 18.0 Å². The molecular weight excluding hydrogens is 699 g/mol. The molecule has 6 rings (SSSR count). The number of hydrogen-bond acceptors (Lipinski definition) is 9. The highest BCUT2D eigenvalue weighted by molar-refractivity contribution is 8.18. The van der Waals surface area contributed by atoms with E-state index in [2.05, 4.69) is 25.6 Å². The number of carboxylic acids is 1. The van der Waals surface area contributed by atoms with E-state index < -0.39 is 24.0 Å². The first-order valence-corrected chi connectivity index (χ1v) is 16.2. The molecule has 50 heavy (non-hydrogen) atoms. The zero-order chi connectivity index (χ0) is 36.0. The largest absolute Gasteiger partial charge is 0.490 e. The number of amides is 2. The molecule has 2 aliphatic rings. The van der Waals surface area contributed by atoms with Gasteiger partial charge in [-0.3, -0.25) is 19.6 Å². The second kappa shape index (κ2) is 15.5. The summed E-state index contributed by atoms with van der Waals surface area (Å²) in [5.41, 5.74) is 4.37. The van der Waals surface area contributed by atoms with Crippen LogP contribution in [0.15, 0.2) is 77.0 Å². The van der Waals surface area contributed by atoms with Crippen LogP contribution in [0, 0.1) is 5.92 Å². The number of amidine groups is 1. The average Bonchev–Trinajstić information content (AvgIpc) is 3.39. The molecule has 1 aliphatic carbocycles. The van der Waals surface area contributed by atoms with Crippen LogP contribution in [0.3, 0.4) is 0 Å². The number of fused-ring (bicyclic) bond motifs is 1. The number of esters is 1. The van der Waals surface area contributed by atoms with Gasteiger partial charge in [-0.1, -0.05) is 24.1 Å². The number of aromatic nitrogens is 2. The normalized spacial score (nSPS) is 15.1. The summed E-state index contributed by atoms with van der Waals surface area (Å²) in [7, 11) is 0. The maximum absolute atomic E-state index is 12.9. The molecule has 4 aromatic rings. The molecule has 3 N–H and O–H groups in total. The van der Waals surface area contributed by atoms with Gasteiger partial charge in [-0.05, 0) is 91.2 Å². The zero-order valence-corrected chi connectivity index (χ0v) is 27.7. The SMILES string of the molecule is CCOC(=O)c1cnc2ccc(C=C3SC(Nc4cc(NC(=O)C5CCC5)ccc4Cl)=NC3=O)cc2c1-c1ccncc1.O=C(O)C(F)(F)F. The Kier molecular flexibility index (Phi) is 11.2. The van der Waals surface area contributed by atoms with Crippen molar-refractivity contribution >= 4 is 80.6 Å². The molecule has 2 aromatic heterocycles. The Hall–Kier alpha value is -5.28. The Balaban J connectivity index is 0.000000630. The average molecular weight is 726 g/mol. The fourth-order valence-corrected chi connectivity index (χ4v) is 5.83. The molecule has 1 aliphatic heterocycles. The number of halogens is 4. The van der Waals surface area contributed by atoms with Gasteiger partial charge in [0.25, 0.3) is 5.91 Å². The van der Waals surface area contributed by atoms with Crippen LogP contribution in [0.2, 0.25) is 5.02 Å². The van der Waals surface area contributed by atoms with Gasteiger partial charge in [0.05, 0.1) is 33.3 Å².